The number of hydrogen-bond acceptors (Lipinski definition) is 2. The molecular formula is C47H28O2. The average Bonchev–Trinajstić information content (AvgIpc) is 3.37. The van der Waals surface area contributed by atoms with Crippen LogP contribution in [-0.2, 0) is 0 Å². The Morgan fingerprint density at radius 1 is 0.510 bits per heavy atom. The van der Waals surface area contributed by atoms with Crippen molar-refractivity contribution < 1.29 is 9.52 Å². The van der Waals surface area contributed by atoms with Crippen LogP contribution in [0.25, 0.3) is 93.7 Å². The summed E-state index contributed by atoms with van der Waals surface area (Å²) in [7, 11) is 0. The summed E-state index contributed by atoms with van der Waals surface area (Å²) in [5.41, 5.74) is 10.2. The Morgan fingerprint density at radius 3 is 1.82 bits per heavy atom. The predicted molar refractivity (Wildman–Crippen MR) is 205 cm³/mol. The first-order valence-electron chi connectivity index (χ1n) is 16.6. The van der Waals surface area contributed by atoms with Crippen molar-refractivity contribution >= 4 is 60.3 Å². The summed E-state index contributed by atoms with van der Waals surface area (Å²) in [5, 5.41) is 20.1. The first-order valence-corrected chi connectivity index (χ1v) is 16.6. The van der Waals surface area contributed by atoms with Crippen molar-refractivity contribution in [1.82, 2.24) is 0 Å². The van der Waals surface area contributed by atoms with E-state index >= 15 is 0 Å². The highest BCUT2D eigenvalue weighted by atomic mass is 16.3. The van der Waals surface area contributed by atoms with Crippen molar-refractivity contribution in [3.05, 3.63) is 157 Å². The normalized spacial score (nSPS) is 12.4. The Kier molecular flexibility index (Phi) is 6.04. The molecule has 1 aliphatic rings. The number of para-hydroxylation sites is 1. The first-order chi connectivity index (χ1) is 24.2. The van der Waals surface area contributed by atoms with Gasteiger partial charge in [0.05, 0.1) is 5.39 Å². The molecule has 2 nitrogen and oxygen atoms in total. The molecule has 0 unspecified atom stereocenters. The van der Waals surface area contributed by atoms with Crippen LogP contribution in [0.1, 0.15) is 17.5 Å². The second-order valence-corrected chi connectivity index (χ2v) is 12.7. The standard InChI is InChI=1S/C47H28O2/c48-47-45-33-16-6-2-5-15-32(33)27-39(40(45)28-42-46(47)38-21-11-12-22-41(38)49-42)44-36-19-9-7-17-34(36)43(35-18-8-10-20-37(35)44)31-25-23-30(24-26-31)29-13-3-1-4-14-29/h1,3-5,7-15,17-28,48H,2H2. The predicted octanol–water partition coefficient (Wildman–Crippen LogP) is 12.5. The highest BCUT2D eigenvalue weighted by molar-refractivity contribution is 6.26. The van der Waals surface area contributed by atoms with Crippen molar-refractivity contribution in [3.63, 3.8) is 0 Å². The minimum atomic E-state index is 0.212. The quantitative estimate of drug-likeness (QED) is 0.157. The molecule has 0 saturated heterocycles. The summed E-state index contributed by atoms with van der Waals surface area (Å²) in [6.45, 7) is 0. The minimum absolute atomic E-state index is 0.212. The number of phenols is 1. The minimum Gasteiger partial charge on any atom is -0.506 e. The van der Waals surface area contributed by atoms with Gasteiger partial charge in [0, 0.05) is 22.8 Å². The zero-order valence-corrected chi connectivity index (χ0v) is 26.5. The maximum Gasteiger partial charge on any atom is 0.139 e. The van der Waals surface area contributed by atoms with E-state index in [-0.39, 0.29) is 5.75 Å². The summed E-state index contributed by atoms with van der Waals surface area (Å²) >= 11 is 0. The molecule has 0 spiro atoms. The zero-order chi connectivity index (χ0) is 32.5. The second-order valence-electron chi connectivity index (χ2n) is 12.7. The summed E-state index contributed by atoms with van der Waals surface area (Å²) in [4.78, 5) is 0. The molecule has 0 fully saturated rings. The van der Waals surface area contributed by atoms with Crippen molar-refractivity contribution in [1.29, 1.82) is 0 Å². The number of phenolic OH excluding ortho intramolecular Hbond substituents is 1. The monoisotopic (exact) mass is 624 g/mol. The van der Waals surface area contributed by atoms with Crippen LogP contribution in [0.3, 0.4) is 0 Å². The number of hydrogen-bond donors (Lipinski definition) is 1. The summed E-state index contributed by atoms with van der Waals surface area (Å²) in [5.74, 6) is 6.91. The lowest BCUT2D eigenvalue weighted by atomic mass is 9.82. The molecule has 49 heavy (non-hydrogen) atoms. The summed E-state index contributed by atoms with van der Waals surface area (Å²) < 4.78 is 6.38. The lowest BCUT2D eigenvalue weighted by Crippen LogP contribution is -1.95. The van der Waals surface area contributed by atoms with E-state index in [0.29, 0.717) is 12.0 Å². The third kappa shape index (κ3) is 4.16. The van der Waals surface area contributed by atoms with E-state index in [1.165, 1.54) is 33.0 Å². The molecule has 228 valence electrons. The summed E-state index contributed by atoms with van der Waals surface area (Å²) in [6.07, 6.45) is 4.90. The van der Waals surface area contributed by atoms with Crippen molar-refractivity contribution in [2.45, 2.75) is 6.42 Å². The van der Waals surface area contributed by atoms with Gasteiger partial charge in [-0.15, -0.1) is 0 Å². The van der Waals surface area contributed by atoms with E-state index in [1.807, 2.05) is 24.3 Å². The van der Waals surface area contributed by atoms with E-state index in [0.717, 1.165) is 60.2 Å². The molecule has 0 saturated carbocycles. The topological polar surface area (TPSA) is 33.4 Å². The molecule has 0 amide bonds. The number of fused-ring (bicyclic) bond motifs is 8. The van der Waals surface area contributed by atoms with Gasteiger partial charge in [-0.25, -0.2) is 0 Å². The van der Waals surface area contributed by atoms with Crippen LogP contribution in [0.15, 0.2) is 150 Å². The van der Waals surface area contributed by atoms with Gasteiger partial charge in [-0.3, -0.25) is 0 Å². The lowest BCUT2D eigenvalue weighted by Gasteiger charge is -2.20. The van der Waals surface area contributed by atoms with Crippen LogP contribution in [0, 0.1) is 11.8 Å². The van der Waals surface area contributed by atoms with Gasteiger partial charge in [0.1, 0.15) is 16.9 Å². The van der Waals surface area contributed by atoms with E-state index in [9.17, 15) is 5.11 Å². The SMILES string of the molecule is Oc1c2c3c(cc(-c4c5ccccc5c(-c5ccc(-c6ccccc6)cc5)c5ccccc45)c2cc2oc4ccccc4c12)C=CCC#C3. The Bertz CT molecular complexity index is 2840. The third-order valence-corrected chi connectivity index (χ3v) is 9.98. The molecule has 0 radical (unpaired) electrons. The van der Waals surface area contributed by atoms with Gasteiger partial charge in [0.25, 0.3) is 0 Å². The molecule has 1 heterocycles. The lowest BCUT2D eigenvalue weighted by molar-refractivity contribution is 0.487. The molecule has 2 heteroatoms. The van der Waals surface area contributed by atoms with Crippen LogP contribution in [-0.4, -0.2) is 5.11 Å². The van der Waals surface area contributed by atoms with Gasteiger partial charge < -0.3 is 9.52 Å². The Morgan fingerprint density at radius 2 is 1.10 bits per heavy atom. The number of furan rings is 1. The number of aromatic hydroxyl groups is 1. The molecule has 0 aliphatic heterocycles. The molecule has 0 bridgehead atoms. The van der Waals surface area contributed by atoms with Crippen LogP contribution in [0.2, 0.25) is 0 Å². The van der Waals surface area contributed by atoms with Crippen molar-refractivity contribution in [2.24, 2.45) is 0 Å². The number of rotatable bonds is 3. The van der Waals surface area contributed by atoms with Crippen LogP contribution < -0.4 is 0 Å². The fourth-order valence-corrected chi connectivity index (χ4v) is 7.83. The highest BCUT2D eigenvalue weighted by Crippen LogP contribution is 2.50. The van der Waals surface area contributed by atoms with Crippen LogP contribution >= 0.6 is 0 Å². The first kappa shape index (κ1) is 27.5. The van der Waals surface area contributed by atoms with E-state index in [4.69, 9.17) is 4.42 Å². The maximum atomic E-state index is 12.2. The largest absolute Gasteiger partial charge is 0.506 e. The smallest absolute Gasteiger partial charge is 0.139 e. The highest BCUT2D eigenvalue weighted by Gasteiger charge is 2.24. The van der Waals surface area contributed by atoms with Crippen LogP contribution in [0.5, 0.6) is 5.75 Å². The average molecular weight is 625 g/mol. The van der Waals surface area contributed by atoms with Gasteiger partial charge >= 0.3 is 0 Å². The molecule has 0 atom stereocenters. The van der Waals surface area contributed by atoms with E-state index < -0.39 is 0 Å². The van der Waals surface area contributed by atoms with E-state index in [2.05, 4.69) is 139 Å². The van der Waals surface area contributed by atoms with Gasteiger partial charge in [0.15, 0.2) is 0 Å². The van der Waals surface area contributed by atoms with Gasteiger partial charge in [-0.2, -0.15) is 0 Å². The Hall–Kier alpha value is -6.56. The zero-order valence-electron chi connectivity index (χ0n) is 26.5. The number of benzene rings is 8. The van der Waals surface area contributed by atoms with Crippen molar-refractivity contribution in [3.8, 4) is 51.0 Å². The van der Waals surface area contributed by atoms with Gasteiger partial charge in [-0.05, 0) is 84.1 Å². The van der Waals surface area contributed by atoms with Crippen LogP contribution in [0.4, 0.5) is 0 Å². The van der Waals surface area contributed by atoms with Crippen molar-refractivity contribution in [2.75, 3.05) is 0 Å². The molecule has 1 aromatic heterocycles. The molecule has 1 N–H and O–H groups in total. The summed E-state index contributed by atoms with van der Waals surface area (Å²) in [6, 6.07) is 49.1. The molecule has 9 aromatic rings. The Labute approximate surface area is 283 Å². The molecule has 8 aromatic carbocycles. The maximum absolute atomic E-state index is 12.2. The third-order valence-electron chi connectivity index (χ3n) is 9.98. The fourth-order valence-electron chi connectivity index (χ4n) is 7.83. The molecule has 1 aliphatic carbocycles. The fraction of sp³-hybridized carbons (Fsp3) is 0.0213. The second kappa shape index (κ2) is 10.7. The Balaban J connectivity index is 1.32. The molecular weight excluding hydrogens is 597 g/mol. The molecule has 10 rings (SSSR count). The van der Waals surface area contributed by atoms with Gasteiger partial charge in [0.2, 0.25) is 0 Å². The van der Waals surface area contributed by atoms with Gasteiger partial charge in [-0.1, -0.05) is 145 Å². The van der Waals surface area contributed by atoms with E-state index in [1.54, 1.807) is 0 Å². The number of allylic oxidation sites excluding steroid dienone is 1.